The van der Waals surface area contributed by atoms with E-state index in [0.29, 0.717) is 0 Å². The molecule has 0 fully saturated rings. The van der Waals surface area contributed by atoms with Gasteiger partial charge in [-0.1, -0.05) is 0 Å². The van der Waals surface area contributed by atoms with Gasteiger partial charge < -0.3 is 0 Å². The van der Waals surface area contributed by atoms with E-state index in [1.165, 1.54) is 12.8 Å². The summed E-state index contributed by atoms with van der Waals surface area (Å²) in [6, 6.07) is 0. The van der Waals surface area contributed by atoms with Crippen LogP contribution in [-0.2, 0) is 0 Å². The summed E-state index contributed by atoms with van der Waals surface area (Å²) in [4.78, 5) is 0. The Morgan fingerprint density at radius 3 is 1.47 bits per heavy atom. The van der Waals surface area contributed by atoms with Gasteiger partial charge in [0.25, 0.3) is 0 Å². The third kappa shape index (κ3) is 11.5. The van der Waals surface area contributed by atoms with Gasteiger partial charge in [-0.25, -0.2) is 0 Å². The fourth-order valence-corrected chi connectivity index (χ4v) is 40.4. The van der Waals surface area contributed by atoms with Crippen molar-refractivity contribution < 1.29 is 0 Å². The fraction of sp³-hybridized carbons (Fsp3) is 1.00. The second-order valence-electron chi connectivity index (χ2n) is 7.33. The van der Waals surface area contributed by atoms with Crippen LogP contribution in [0.4, 0.5) is 0 Å². The molecule has 15 heavy (non-hydrogen) atoms. The summed E-state index contributed by atoms with van der Waals surface area (Å²) in [5.74, 6) is 0. The molecule has 0 aromatic heterocycles. The molecule has 0 heterocycles. The number of hydrogen-bond acceptors (Lipinski definition) is 0. The van der Waals surface area contributed by atoms with E-state index in [1.54, 1.807) is 12.6 Å². The van der Waals surface area contributed by atoms with E-state index in [4.69, 9.17) is 0 Å². The van der Waals surface area contributed by atoms with Crippen LogP contribution in [0.1, 0.15) is 19.8 Å². The zero-order valence-corrected chi connectivity index (χ0v) is 16.9. The molecule has 91 valence electrons. The van der Waals surface area contributed by atoms with Crippen molar-refractivity contribution in [2.45, 2.75) is 71.6 Å². The molecule has 0 saturated heterocycles. The van der Waals surface area contributed by atoms with Crippen molar-refractivity contribution in [1.29, 1.82) is 0 Å². The molecule has 0 rings (SSSR count). The second-order valence-corrected chi connectivity index (χ2v) is 30.0. The minimum atomic E-state index is -0.970. The van der Waals surface area contributed by atoms with Crippen molar-refractivity contribution in [3.63, 3.8) is 0 Å². The molecule has 0 aromatic carbocycles. The third-order valence-corrected chi connectivity index (χ3v) is 35.3. The SMILES string of the molecule is CCC[CH2][Sn]([CH2][Si](C)(C)C)[CH2][Si](C)(C)C. The van der Waals surface area contributed by atoms with Crippen molar-refractivity contribution in [3.05, 3.63) is 0 Å². The summed E-state index contributed by atoms with van der Waals surface area (Å²) in [6.07, 6.45) is 2.95. The van der Waals surface area contributed by atoms with E-state index in [0.717, 1.165) is 0 Å². The fourth-order valence-electron chi connectivity index (χ4n) is 2.17. The molecule has 0 aliphatic carbocycles. The number of unbranched alkanes of at least 4 members (excludes halogenated alkanes) is 1. The van der Waals surface area contributed by atoms with Gasteiger partial charge in [0.15, 0.2) is 0 Å². The van der Waals surface area contributed by atoms with Gasteiger partial charge in [-0.2, -0.15) is 0 Å². The second kappa shape index (κ2) is 6.84. The van der Waals surface area contributed by atoms with Gasteiger partial charge in [0, 0.05) is 0 Å². The number of rotatable bonds is 7. The van der Waals surface area contributed by atoms with Crippen LogP contribution in [-0.4, -0.2) is 35.9 Å². The molecule has 0 bridgehead atoms. The summed E-state index contributed by atoms with van der Waals surface area (Å²) >= 11 is -0.970. The zero-order valence-electron chi connectivity index (χ0n) is 12.0. The first-order valence-electron chi connectivity index (χ1n) is 6.47. The van der Waals surface area contributed by atoms with Gasteiger partial charge in [-0.15, -0.1) is 0 Å². The van der Waals surface area contributed by atoms with Crippen LogP contribution in [0.25, 0.3) is 0 Å². The Morgan fingerprint density at radius 1 is 0.800 bits per heavy atom. The molecule has 1 radical (unpaired) electrons. The Morgan fingerprint density at radius 2 is 1.20 bits per heavy atom. The minimum absolute atomic E-state index is 0.760. The van der Waals surface area contributed by atoms with E-state index in [-0.39, 0.29) is 0 Å². The standard InChI is InChI=1S/2C4H11Si.C4H9.Sn/c2*1-5(2,3)4;1-3-4-2;/h2*1H2,2-4H3;1,3-4H2,2H3;. The Balaban J connectivity index is 4.19. The van der Waals surface area contributed by atoms with Crippen molar-refractivity contribution in [1.82, 2.24) is 0 Å². The quantitative estimate of drug-likeness (QED) is 0.565. The number of hydrogen-bond donors (Lipinski definition) is 0. The van der Waals surface area contributed by atoms with Gasteiger partial charge in [-0.05, 0) is 0 Å². The molecule has 0 spiro atoms. The summed E-state index contributed by atoms with van der Waals surface area (Å²) in [7, 11) is -1.52. The van der Waals surface area contributed by atoms with Gasteiger partial charge in [-0.3, -0.25) is 0 Å². The van der Waals surface area contributed by atoms with E-state index < -0.39 is 35.9 Å². The van der Waals surface area contributed by atoms with Gasteiger partial charge in [0.1, 0.15) is 0 Å². The maximum atomic E-state index is 2.57. The topological polar surface area (TPSA) is 0 Å². The van der Waals surface area contributed by atoms with Crippen LogP contribution in [0.5, 0.6) is 0 Å². The van der Waals surface area contributed by atoms with Crippen LogP contribution in [0.3, 0.4) is 0 Å². The van der Waals surface area contributed by atoms with Gasteiger partial charge in [0.05, 0.1) is 0 Å². The zero-order chi connectivity index (χ0) is 12.1. The van der Waals surface area contributed by atoms with Crippen LogP contribution < -0.4 is 0 Å². The first kappa shape index (κ1) is 16.2. The average molecular weight is 350 g/mol. The van der Waals surface area contributed by atoms with Crippen LogP contribution in [0, 0.1) is 0 Å². The normalized spacial score (nSPS) is 13.6. The summed E-state index contributed by atoms with van der Waals surface area (Å²) in [6.45, 7) is 17.8. The first-order valence-corrected chi connectivity index (χ1v) is 19.9. The monoisotopic (exact) mass is 351 g/mol. The molecule has 0 unspecified atom stereocenters. The van der Waals surface area contributed by atoms with E-state index in [9.17, 15) is 0 Å². The molecule has 0 aliphatic heterocycles. The Labute approximate surface area is 107 Å². The van der Waals surface area contributed by atoms with Gasteiger partial charge in [0.2, 0.25) is 0 Å². The molecular weight excluding hydrogens is 319 g/mol. The molecule has 0 aliphatic rings. The predicted octanol–water partition coefficient (Wildman–Crippen LogP) is 5.04. The molecule has 3 heteroatoms. The Kier molecular flexibility index (Phi) is 7.41. The summed E-state index contributed by atoms with van der Waals surface area (Å²) < 4.78 is 5.19. The summed E-state index contributed by atoms with van der Waals surface area (Å²) in [5, 5.41) is 0. The van der Waals surface area contributed by atoms with Gasteiger partial charge >= 0.3 is 108 Å². The first-order chi connectivity index (χ1) is 6.64. The molecule has 0 nitrogen and oxygen atoms in total. The van der Waals surface area contributed by atoms with E-state index >= 15 is 0 Å². The molecule has 0 saturated carbocycles. The molecule has 0 atom stereocenters. The maximum absolute atomic E-state index is 2.57. The third-order valence-electron chi connectivity index (χ3n) is 2.44. The van der Waals surface area contributed by atoms with Crippen molar-refractivity contribution in [2.24, 2.45) is 0 Å². The Bertz CT molecular complexity index is 151. The van der Waals surface area contributed by atoms with Crippen LogP contribution >= 0.6 is 0 Å². The van der Waals surface area contributed by atoms with Crippen LogP contribution in [0.15, 0.2) is 0 Å². The average Bonchev–Trinajstić information content (AvgIpc) is 1.94. The van der Waals surface area contributed by atoms with Crippen molar-refractivity contribution >= 4 is 35.9 Å². The van der Waals surface area contributed by atoms with E-state index in [1.807, 2.05) is 0 Å². The molecule has 0 aromatic rings. The van der Waals surface area contributed by atoms with E-state index in [2.05, 4.69) is 46.2 Å². The Hall–Kier alpha value is 1.23. The molecule has 0 N–H and O–H groups in total. The van der Waals surface area contributed by atoms with Crippen LogP contribution in [0.2, 0.25) is 51.8 Å². The molecule has 0 amide bonds. The van der Waals surface area contributed by atoms with Crippen molar-refractivity contribution in [2.75, 3.05) is 0 Å². The molecular formula is C12H31Si2Sn. The predicted molar refractivity (Wildman–Crippen MR) is 81.8 cm³/mol. The van der Waals surface area contributed by atoms with Crippen molar-refractivity contribution in [3.8, 4) is 0 Å². The summed E-state index contributed by atoms with van der Waals surface area (Å²) in [5.41, 5.74) is 0.